The highest BCUT2D eigenvalue weighted by Crippen LogP contribution is 2.40. The van der Waals surface area contributed by atoms with Gasteiger partial charge in [-0.2, -0.15) is 0 Å². The third-order valence-corrected chi connectivity index (χ3v) is 3.34. The fraction of sp³-hybridized carbons (Fsp3) is 0. The molecule has 1 aromatic heterocycles. The summed E-state index contributed by atoms with van der Waals surface area (Å²) in [6.45, 7) is 0. The van der Waals surface area contributed by atoms with Gasteiger partial charge in [0.2, 0.25) is 0 Å². The fourth-order valence-electron chi connectivity index (χ4n) is 1.27. The van der Waals surface area contributed by atoms with E-state index in [0.717, 1.165) is 6.26 Å². The first-order valence-electron chi connectivity index (χ1n) is 3.84. The van der Waals surface area contributed by atoms with Gasteiger partial charge >= 0.3 is 5.97 Å². The molecule has 0 bridgehead atoms. The van der Waals surface area contributed by atoms with Crippen LogP contribution in [0.2, 0.25) is 0 Å². The average molecular weight is 336 g/mol. The van der Waals surface area contributed by atoms with Gasteiger partial charge < -0.3 is 14.6 Å². The number of hydrogen-bond donors (Lipinski definition) is 2. The molecule has 15 heavy (non-hydrogen) atoms. The zero-order valence-corrected chi connectivity index (χ0v) is 10.3. The molecule has 0 amide bonds. The van der Waals surface area contributed by atoms with Gasteiger partial charge in [0, 0.05) is 0 Å². The Labute approximate surface area is 101 Å². The molecular weight excluding hydrogens is 332 g/mol. The minimum Gasteiger partial charge on any atom is -0.506 e. The van der Waals surface area contributed by atoms with Crippen molar-refractivity contribution in [3.05, 3.63) is 26.8 Å². The molecule has 1 aromatic carbocycles. The Hall–Kier alpha value is -1.01. The van der Waals surface area contributed by atoms with Gasteiger partial charge in [0.1, 0.15) is 23.2 Å². The van der Waals surface area contributed by atoms with Gasteiger partial charge in [-0.05, 0) is 37.9 Å². The zero-order chi connectivity index (χ0) is 11.2. The number of carbonyl (C=O) groups is 1. The number of fused-ring (bicyclic) bond motifs is 1. The van der Waals surface area contributed by atoms with Gasteiger partial charge in [-0.25, -0.2) is 4.79 Å². The van der Waals surface area contributed by atoms with Crippen LogP contribution in [0.5, 0.6) is 5.75 Å². The minimum atomic E-state index is -1.10. The van der Waals surface area contributed by atoms with Crippen LogP contribution in [0.4, 0.5) is 0 Å². The third-order valence-electron chi connectivity index (χ3n) is 1.96. The van der Waals surface area contributed by atoms with E-state index < -0.39 is 5.97 Å². The highest BCUT2D eigenvalue weighted by atomic mass is 79.9. The maximum atomic E-state index is 10.9. The summed E-state index contributed by atoms with van der Waals surface area (Å²) in [5.41, 5.74) is 0.406. The second kappa shape index (κ2) is 3.53. The topological polar surface area (TPSA) is 70.7 Å². The van der Waals surface area contributed by atoms with Gasteiger partial charge in [0.15, 0.2) is 0 Å². The van der Waals surface area contributed by atoms with Crippen molar-refractivity contribution in [1.82, 2.24) is 0 Å². The molecule has 0 aliphatic heterocycles. The zero-order valence-electron chi connectivity index (χ0n) is 7.12. The second-order valence-electron chi connectivity index (χ2n) is 2.85. The number of phenolic OH excluding ortho intramolecular Hbond substituents is 1. The van der Waals surface area contributed by atoms with Crippen LogP contribution in [0.3, 0.4) is 0 Å². The van der Waals surface area contributed by atoms with Gasteiger partial charge in [-0.3, -0.25) is 0 Å². The molecular formula is C9H4Br2O4. The van der Waals surface area contributed by atoms with E-state index in [1.807, 2.05) is 0 Å². The number of hydrogen-bond acceptors (Lipinski definition) is 3. The fourth-order valence-corrected chi connectivity index (χ4v) is 2.56. The maximum Gasteiger partial charge on any atom is 0.339 e. The summed E-state index contributed by atoms with van der Waals surface area (Å²) < 4.78 is 5.82. The van der Waals surface area contributed by atoms with Crippen LogP contribution in [0, 0.1) is 0 Å². The summed E-state index contributed by atoms with van der Waals surface area (Å²) in [5.74, 6) is -1.15. The van der Waals surface area contributed by atoms with Crippen molar-refractivity contribution in [3.8, 4) is 5.75 Å². The van der Waals surface area contributed by atoms with Crippen LogP contribution in [0.15, 0.2) is 25.7 Å². The summed E-state index contributed by atoms with van der Waals surface area (Å²) in [5, 5.41) is 18.8. The van der Waals surface area contributed by atoms with Crippen molar-refractivity contribution in [2.75, 3.05) is 0 Å². The van der Waals surface area contributed by atoms with Gasteiger partial charge in [0.25, 0.3) is 0 Å². The molecule has 2 rings (SSSR count). The Morgan fingerprint density at radius 2 is 2.07 bits per heavy atom. The Kier molecular flexibility index (Phi) is 2.47. The highest BCUT2D eigenvalue weighted by Gasteiger charge is 2.19. The molecule has 0 unspecified atom stereocenters. The van der Waals surface area contributed by atoms with Gasteiger partial charge in [0.05, 0.1) is 14.3 Å². The van der Waals surface area contributed by atoms with Gasteiger partial charge in [-0.15, -0.1) is 0 Å². The summed E-state index contributed by atoms with van der Waals surface area (Å²) in [6, 6.07) is 1.52. The lowest BCUT2D eigenvalue weighted by molar-refractivity contribution is 0.0698. The molecule has 0 aliphatic carbocycles. The number of aromatic hydroxyl groups is 1. The summed E-state index contributed by atoms with van der Waals surface area (Å²) in [7, 11) is 0. The quantitative estimate of drug-likeness (QED) is 0.838. The van der Waals surface area contributed by atoms with E-state index in [1.54, 1.807) is 0 Å². The Morgan fingerprint density at radius 3 is 2.67 bits per heavy atom. The standard InChI is InChI=1S/C9H4Br2O4/c10-4-1-5-6(7(11)8(4)12)3(2-15-5)9(13)14/h1-2,12H,(H,13,14). The first-order chi connectivity index (χ1) is 7.02. The minimum absolute atomic E-state index is 0.0136. The Bertz CT molecular complexity index is 559. The number of benzene rings is 1. The van der Waals surface area contributed by atoms with Crippen molar-refractivity contribution in [2.45, 2.75) is 0 Å². The van der Waals surface area contributed by atoms with E-state index >= 15 is 0 Å². The Morgan fingerprint density at radius 1 is 1.40 bits per heavy atom. The summed E-state index contributed by atoms with van der Waals surface area (Å²) in [4.78, 5) is 10.9. The largest absolute Gasteiger partial charge is 0.506 e. The normalized spacial score (nSPS) is 10.8. The number of carboxylic acids is 1. The number of aromatic carboxylic acids is 1. The van der Waals surface area contributed by atoms with Crippen molar-refractivity contribution >= 4 is 48.8 Å². The molecule has 0 spiro atoms. The Balaban J connectivity index is 2.91. The number of rotatable bonds is 1. The van der Waals surface area contributed by atoms with Crippen LogP contribution in [-0.2, 0) is 0 Å². The van der Waals surface area contributed by atoms with E-state index in [4.69, 9.17) is 9.52 Å². The van der Waals surface area contributed by atoms with Crippen LogP contribution >= 0.6 is 31.9 Å². The van der Waals surface area contributed by atoms with Crippen LogP contribution in [-0.4, -0.2) is 16.2 Å². The van der Waals surface area contributed by atoms with E-state index in [2.05, 4.69) is 31.9 Å². The SMILES string of the molecule is O=C(O)c1coc2cc(Br)c(O)c(Br)c12. The molecule has 78 valence electrons. The lowest BCUT2D eigenvalue weighted by Crippen LogP contribution is -1.94. The third kappa shape index (κ3) is 1.53. The summed E-state index contributed by atoms with van der Waals surface area (Å²) >= 11 is 6.25. The monoisotopic (exact) mass is 334 g/mol. The lowest BCUT2D eigenvalue weighted by Gasteiger charge is -2.01. The molecule has 0 fully saturated rings. The van der Waals surface area contributed by atoms with Crippen LogP contribution < -0.4 is 0 Å². The van der Waals surface area contributed by atoms with Crippen molar-refractivity contribution in [1.29, 1.82) is 0 Å². The van der Waals surface area contributed by atoms with Gasteiger partial charge in [-0.1, -0.05) is 0 Å². The molecule has 0 saturated carbocycles. The maximum absolute atomic E-state index is 10.9. The van der Waals surface area contributed by atoms with Crippen molar-refractivity contribution < 1.29 is 19.4 Å². The highest BCUT2D eigenvalue weighted by molar-refractivity contribution is 9.11. The molecule has 2 aromatic rings. The molecule has 0 aliphatic rings. The number of halogens is 2. The molecule has 0 radical (unpaired) electrons. The first-order valence-corrected chi connectivity index (χ1v) is 5.42. The molecule has 0 atom stereocenters. The second-order valence-corrected chi connectivity index (χ2v) is 4.50. The molecule has 0 saturated heterocycles. The van der Waals surface area contributed by atoms with Crippen LogP contribution in [0.25, 0.3) is 11.0 Å². The molecule has 1 heterocycles. The predicted molar refractivity (Wildman–Crippen MR) is 60.2 cm³/mol. The smallest absolute Gasteiger partial charge is 0.339 e. The van der Waals surface area contributed by atoms with Crippen molar-refractivity contribution in [2.24, 2.45) is 0 Å². The average Bonchev–Trinajstić information content (AvgIpc) is 2.58. The van der Waals surface area contributed by atoms with Crippen molar-refractivity contribution in [3.63, 3.8) is 0 Å². The molecule has 6 heteroatoms. The number of phenols is 1. The van der Waals surface area contributed by atoms with E-state index in [9.17, 15) is 9.90 Å². The summed E-state index contributed by atoms with van der Waals surface area (Å²) in [6.07, 6.45) is 1.14. The number of furan rings is 1. The van der Waals surface area contributed by atoms with E-state index in [-0.39, 0.29) is 11.3 Å². The number of carboxylic acid groups (broad SMARTS) is 1. The lowest BCUT2D eigenvalue weighted by atomic mass is 10.2. The molecule has 2 N–H and O–H groups in total. The predicted octanol–water partition coefficient (Wildman–Crippen LogP) is 3.36. The van der Waals surface area contributed by atoms with E-state index in [0.29, 0.717) is 19.9 Å². The van der Waals surface area contributed by atoms with Crippen LogP contribution in [0.1, 0.15) is 10.4 Å². The molecule has 4 nitrogen and oxygen atoms in total. The first kappa shape index (κ1) is 10.5. The van der Waals surface area contributed by atoms with E-state index in [1.165, 1.54) is 6.07 Å².